The zero-order valence-corrected chi connectivity index (χ0v) is 9.69. The van der Waals surface area contributed by atoms with Crippen molar-refractivity contribution < 1.29 is 30.6 Å². The van der Waals surface area contributed by atoms with E-state index in [0.717, 1.165) is 0 Å². The molecular weight excluding hydrogens is 230 g/mol. The fraction of sp³-hybridized carbons (Fsp3) is 1.00. The van der Waals surface area contributed by atoms with Gasteiger partial charge in [-0.1, -0.05) is 0 Å². The highest BCUT2D eigenvalue weighted by atomic mass is 16.4. The average molecular weight is 251 g/mol. The summed E-state index contributed by atoms with van der Waals surface area (Å²) in [4.78, 5) is 0. The lowest BCUT2D eigenvalue weighted by Gasteiger charge is -2.45. The molecule has 0 heterocycles. The van der Waals surface area contributed by atoms with E-state index in [1.54, 1.807) is 6.92 Å². The molecule has 7 heteroatoms. The van der Waals surface area contributed by atoms with Gasteiger partial charge in [0.1, 0.15) is 17.8 Å². The third kappa shape index (κ3) is 2.94. The molecule has 0 spiro atoms. The monoisotopic (exact) mass is 251 g/mol. The zero-order valence-electron chi connectivity index (χ0n) is 9.69. The summed E-state index contributed by atoms with van der Waals surface area (Å²) in [6.45, 7) is 0.783. The van der Waals surface area contributed by atoms with E-state index in [-0.39, 0.29) is 19.1 Å². The highest BCUT2D eigenvalue weighted by Crippen LogP contribution is 2.29. The summed E-state index contributed by atoms with van der Waals surface area (Å²) < 4.78 is 0. The van der Waals surface area contributed by atoms with Crippen LogP contribution in [-0.4, -0.2) is 79.8 Å². The Kier molecular flexibility index (Phi) is 4.85. The number of hydrogen-bond acceptors (Lipinski definition) is 7. The molecule has 6 atom stereocenters. The number of nitrogens with one attached hydrogen (secondary N) is 1. The highest BCUT2D eigenvalue weighted by molar-refractivity contribution is 5.04. The van der Waals surface area contributed by atoms with E-state index in [9.17, 15) is 20.4 Å². The molecule has 1 aliphatic rings. The predicted molar refractivity (Wildman–Crippen MR) is 58.1 cm³/mol. The van der Waals surface area contributed by atoms with Crippen LogP contribution in [0.5, 0.6) is 0 Å². The summed E-state index contributed by atoms with van der Waals surface area (Å²) in [6.07, 6.45) is -4.55. The standard InChI is InChI=1S/C10H21NO6/c1-5(3-12)11-6-2-10(17,4-13)9(16)8(15)7(6)14/h5-9,11-17H,2-4H2,1H3. The molecule has 102 valence electrons. The first-order chi connectivity index (χ1) is 7.85. The van der Waals surface area contributed by atoms with Crippen LogP contribution in [0.4, 0.5) is 0 Å². The quantitative estimate of drug-likeness (QED) is 0.276. The molecule has 0 bridgehead atoms. The van der Waals surface area contributed by atoms with Crippen molar-refractivity contribution in [2.24, 2.45) is 0 Å². The van der Waals surface area contributed by atoms with Crippen molar-refractivity contribution in [3.05, 3.63) is 0 Å². The molecule has 0 aromatic rings. The summed E-state index contributed by atoms with van der Waals surface area (Å²) in [5, 5.41) is 59.6. The van der Waals surface area contributed by atoms with E-state index in [1.807, 2.05) is 0 Å². The van der Waals surface area contributed by atoms with Crippen LogP contribution < -0.4 is 5.32 Å². The molecule has 1 saturated carbocycles. The first kappa shape index (κ1) is 14.8. The van der Waals surface area contributed by atoms with Crippen molar-refractivity contribution in [1.29, 1.82) is 0 Å². The smallest absolute Gasteiger partial charge is 0.118 e. The van der Waals surface area contributed by atoms with Crippen LogP contribution in [0.3, 0.4) is 0 Å². The van der Waals surface area contributed by atoms with Gasteiger partial charge < -0.3 is 36.0 Å². The minimum atomic E-state index is -1.86. The van der Waals surface area contributed by atoms with Crippen LogP contribution in [0, 0.1) is 0 Å². The maximum atomic E-state index is 9.92. The number of rotatable bonds is 4. The van der Waals surface area contributed by atoms with Gasteiger partial charge in [0.05, 0.1) is 19.3 Å². The van der Waals surface area contributed by atoms with Crippen molar-refractivity contribution in [3.63, 3.8) is 0 Å². The zero-order chi connectivity index (χ0) is 13.2. The lowest BCUT2D eigenvalue weighted by atomic mass is 9.76. The molecule has 0 saturated heterocycles. The van der Waals surface area contributed by atoms with Gasteiger partial charge in [0, 0.05) is 12.1 Å². The Morgan fingerprint density at radius 3 is 2.29 bits per heavy atom. The Hall–Kier alpha value is -0.280. The third-order valence-electron chi connectivity index (χ3n) is 3.26. The minimum absolute atomic E-state index is 0.118. The van der Waals surface area contributed by atoms with Crippen LogP contribution in [-0.2, 0) is 0 Å². The Labute approximate surface area is 99.3 Å². The molecule has 7 N–H and O–H groups in total. The van der Waals surface area contributed by atoms with Crippen molar-refractivity contribution >= 4 is 0 Å². The van der Waals surface area contributed by atoms with Gasteiger partial charge in [0.25, 0.3) is 0 Å². The summed E-state index contributed by atoms with van der Waals surface area (Å²) in [6, 6.07) is -1.05. The molecule has 1 fully saturated rings. The van der Waals surface area contributed by atoms with Gasteiger partial charge in [-0.15, -0.1) is 0 Å². The van der Waals surface area contributed by atoms with E-state index >= 15 is 0 Å². The Balaban J connectivity index is 2.78. The first-order valence-electron chi connectivity index (χ1n) is 5.60. The second kappa shape index (κ2) is 5.57. The topological polar surface area (TPSA) is 133 Å². The number of hydrogen-bond donors (Lipinski definition) is 7. The Morgan fingerprint density at radius 2 is 1.82 bits per heavy atom. The molecule has 0 amide bonds. The summed E-state index contributed by atoms with van der Waals surface area (Å²) in [5.41, 5.74) is -1.86. The van der Waals surface area contributed by atoms with Gasteiger partial charge in [0.15, 0.2) is 0 Å². The molecule has 6 unspecified atom stereocenters. The summed E-state index contributed by atoms with van der Waals surface area (Å²) in [7, 11) is 0. The van der Waals surface area contributed by atoms with Crippen molar-refractivity contribution in [2.75, 3.05) is 13.2 Å². The van der Waals surface area contributed by atoms with Gasteiger partial charge in [-0.2, -0.15) is 0 Å². The van der Waals surface area contributed by atoms with Gasteiger partial charge in [-0.05, 0) is 13.3 Å². The van der Waals surface area contributed by atoms with Crippen LogP contribution in [0.25, 0.3) is 0 Å². The minimum Gasteiger partial charge on any atom is -0.395 e. The van der Waals surface area contributed by atoms with Crippen LogP contribution in [0.1, 0.15) is 13.3 Å². The second-order valence-electron chi connectivity index (χ2n) is 4.75. The van der Waals surface area contributed by atoms with E-state index < -0.39 is 36.6 Å². The molecular formula is C10H21NO6. The average Bonchev–Trinajstić information content (AvgIpc) is 2.33. The Morgan fingerprint density at radius 1 is 1.24 bits per heavy atom. The fourth-order valence-electron chi connectivity index (χ4n) is 2.10. The normalized spacial score (nSPS) is 44.6. The molecule has 1 aliphatic carbocycles. The lowest BCUT2D eigenvalue weighted by molar-refractivity contribution is -0.207. The Bertz CT molecular complexity index is 253. The summed E-state index contributed by atoms with van der Waals surface area (Å²) >= 11 is 0. The van der Waals surface area contributed by atoms with Crippen LogP contribution in [0.2, 0.25) is 0 Å². The molecule has 17 heavy (non-hydrogen) atoms. The predicted octanol–water partition coefficient (Wildman–Crippen LogP) is -3.46. The highest BCUT2D eigenvalue weighted by Gasteiger charge is 2.51. The maximum absolute atomic E-state index is 9.92. The van der Waals surface area contributed by atoms with Crippen molar-refractivity contribution in [3.8, 4) is 0 Å². The molecule has 0 radical (unpaired) electrons. The van der Waals surface area contributed by atoms with Crippen LogP contribution >= 0.6 is 0 Å². The van der Waals surface area contributed by atoms with Crippen LogP contribution in [0.15, 0.2) is 0 Å². The molecule has 0 aliphatic heterocycles. The third-order valence-corrected chi connectivity index (χ3v) is 3.26. The number of aliphatic hydroxyl groups is 6. The first-order valence-corrected chi connectivity index (χ1v) is 5.60. The SMILES string of the molecule is CC(CO)NC1CC(O)(CO)C(O)C(O)C1O. The lowest BCUT2D eigenvalue weighted by Crippen LogP contribution is -2.67. The molecule has 0 aromatic heterocycles. The molecule has 0 aromatic carbocycles. The van der Waals surface area contributed by atoms with Gasteiger partial charge in [0.2, 0.25) is 0 Å². The van der Waals surface area contributed by atoms with Gasteiger partial charge in [-0.25, -0.2) is 0 Å². The maximum Gasteiger partial charge on any atom is 0.118 e. The van der Waals surface area contributed by atoms with E-state index in [0.29, 0.717) is 0 Å². The molecule has 1 rings (SSSR count). The fourth-order valence-corrected chi connectivity index (χ4v) is 2.10. The largest absolute Gasteiger partial charge is 0.395 e. The van der Waals surface area contributed by atoms with E-state index in [4.69, 9.17) is 10.2 Å². The van der Waals surface area contributed by atoms with Gasteiger partial charge >= 0.3 is 0 Å². The van der Waals surface area contributed by atoms with E-state index in [2.05, 4.69) is 5.32 Å². The van der Waals surface area contributed by atoms with Crippen molar-refractivity contribution in [2.45, 2.75) is 49.3 Å². The second-order valence-corrected chi connectivity index (χ2v) is 4.75. The van der Waals surface area contributed by atoms with E-state index in [1.165, 1.54) is 0 Å². The number of aliphatic hydroxyl groups excluding tert-OH is 5. The van der Waals surface area contributed by atoms with Gasteiger partial charge in [-0.3, -0.25) is 0 Å². The molecule has 7 nitrogen and oxygen atoms in total. The summed E-state index contributed by atoms with van der Waals surface area (Å²) in [5.74, 6) is 0. The van der Waals surface area contributed by atoms with Crippen molar-refractivity contribution in [1.82, 2.24) is 5.32 Å².